The normalized spacial score (nSPS) is 11.5. The van der Waals surface area contributed by atoms with Gasteiger partial charge in [0.2, 0.25) is 0 Å². The summed E-state index contributed by atoms with van der Waals surface area (Å²) < 4.78 is 26.6. The summed E-state index contributed by atoms with van der Waals surface area (Å²) in [5.41, 5.74) is 4.84. The number of halogens is 2. The van der Waals surface area contributed by atoms with Crippen LogP contribution in [-0.2, 0) is 0 Å². The highest BCUT2D eigenvalue weighted by Gasteiger charge is 1.99. The van der Waals surface area contributed by atoms with E-state index in [0.717, 1.165) is 22.3 Å². The van der Waals surface area contributed by atoms with Crippen molar-refractivity contribution in [1.29, 1.82) is 0 Å². The Morgan fingerprint density at radius 1 is 0.615 bits per heavy atom. The molecule has 3 aromatic rings. The highest BCUT2D eigenvalue weighted by Crippen LogP contribution is 2.20. The first-order valence-electron chi connectivity index (χ1n) is 8.22. The second-order valence-corrected chi connectivity index (χ2v) is 6.04. The molecule has 130 valence electrons. The second kappa shape index (κ2) is 7.83. The van der Waals surface area contributed by atoms with Crippen LogP contribution in [0.25, 0.3) is 0 Å². The van der Waals surface area contributed by atoms with Gasteiger partial charge >= 0.3 is 0 Å². The van der Waals surface area contributed by atoms with E-state index in [1.165, 1.54) is 24.3 Å². The zero-order valence-electron chi connectivity index (χ0n) is 14.6. The van der Waals surface area contributed by atoms with E-state index in [9.17, 15) is 8.78 Å². The summed E-state index contributed by atoms with van der Waals surface area (Å²) >= 11 is 0. The van der Waals surface area contributed by atoms with Gasteiger partial charge in [-0.1, -0.05) is 36.4 Å². The fourth-order valence-electron chi connectivity index (χ4n) is 2.40. The van der Waals surface area contributed by atoms with Gasteiger partial charge in [0, 0.05) is 12.4 Å². The van der Waals surface area contributed by atoms with Crippen LogP contribution >= 0.6 is 0 Å². The summed E-state index contributed by atoms with van der Waals surface area (Å²) in [6.07, 6.45) is 3.39. The van der Waals surface area contributed by atoms with Gasteiger partial charge in [-0.2, -0.15) is 0 Å². The number of aryl methyl sites for hydroxylation is 2. The molecular formula is C22H18F2N2. The van der Waals surface area contributed by atoms with E-state index in [1.807, 2.05) is 38.1 Å². The first kappa shape index (κ1) is 17.7. The molecule has 0 atom stereocenters. The topological polar surface area (TPSA) is 24.7 Å². The lowest BCUT2D eigenvalue weighted by atomic mass is 10.1. The third-order valence-electron chi connectivity index (χ3n) is 3.98. The largest absolute Gasteiger partial charge is 0.256 e. The van der Waals surface area contributed by atoms with E-state index < -0.39 is 0 Å². The molecule has 2 nitrogen and oxygen atoms in total. The molecule has 0 aromatic heterocycles. The molecule has 0 heterocycles. The lowest BCUT2D eigenvalue weighted by Crippen LogP contribution is -1.86. The third-order valence-corrected chi connectivity index (χ3v) is 3.98. The second-order valence-electron chi connectivity index (χ2n) is 6.04. The quantitative estimate of drug-likeness (QED) is 0.510. The average Bonchev–Trinajstić information content (AvgIpc) is 2.64. The molecule has 0 radical (unpaired) electrons. The molecule has 3 rings (SSSR count). The molecule has 0 N–H and O–H groups in total. The molecular weight excluding hydrogens is 330 g/mol. The summed E-state index contributed by atoms with van der Waals surface area (Å²) in [5.74, 6) is -0.607. The molecule has 0 aliphatic heterocycles. The Balaban J connectivity index is 1.74. The summed E-state index contributed by atoms with van der Waals surface area (Å²) in [5, 5.41) is 0. The number of benzene rings is 3. The minimum absolute atomic E-state index is 0.304. The Hall–Kier alpha value is -3.14. The van der Waals surface area contributed by atoms with Crippen molar-refractivity contribution in [3.05, 3.63) is 94.6 Å². The molecule has 4 heteroatoms. The first-order chi connectivity index (χ1) is 12.5. The van der Waals surface area contributed by atoms with E-state index in [4.69, 9.17) is 0 Å². The Labute approximate surface area is 151 Å². The van der Waals surface area contributed by atoms with E-state index in [1.54, 1.807) is 24.6 Å². The van der Waals surface area contributed by atoms with Crippen molar-refractivity contribution < 1.29 is 8.78 Å². The molecule has 0 amide bonds. The minimum Gasteiger partial charge on any atom is -0.256 e. The fraction of sp³-hybridized carbons (Fsp3) is 0.0909. The van der Waals surface area contributed by atoms with Gasteiger partial charge in [-0.15, -0.1) is 0 Å². The summed E-state index contributed by atoms with van der Waals surface area (Å²) in [6.45, 7) is 3.78. The average molecular weight is 348 g/mol. The predicted molar refractivity (Wildman–Crippen MR) is 103 cm³/mol. The van der Waals surface area contributed by atoms with Crippen molar-refractivity contribution >= 4 is 23.8 Å². The lowest BCUT2D eigenvalue weighted by Gasteiger charge is -2.01. The Bertz CT molecular complexity index is 893. The zero-order chi connectivity index (χ0) is 18.5. The smallest absolute Gasteiger partial charge is 0.125 e. The van der Waals surface area contributed by atoms with Crippen molar-refractivity contribution in [2.24, 2.45) is 9.98 Å². The van der Waals surface area contributed by atoms with Gasteiger partial charge in [0.25, 0.3) is 0 Å². The molecule has 0 bridgehead atoms. The van der Waals surface area contributed by atoms with Gasteiger partial charge in [0.15, 0.2) is 0 Å². The minimum atomic E-state index is -0.304. The van der Waals surface area contributed by atoms with Crippen molar-refractivity contribution in [1.82, 2.24) is 0 Å². The van der Waals surface area contributed by atoms with Gasteiger partial charge in [0.05, 0.1) is 11.4 Å². The maximum atomic E-state index is 13.3. The van der Waals surface area contributed by atoms with E-state index in [0.29, 0.717) is 11.4 Å². The van der Waals surface area contributed by atoms with Gasteiger partial charge < -0.3 is 0 Å². The SMILES string of the molecule is Cc1ccc(F)cc1N=Cc1ccc(C=Nc2cc(F)ccc2C)cc1. The lowest BCUT2D eigenvalue weighted by molar-refractivity contribution is 0.627. The van der Waals surface area contributed by atoms with Crippen LogP contribution in [0.15, 0.2) is 70.6 Å². The van der Waals surface area contributed by atoms with E-state index in [2.05, 4.69) is 9.98 Å². The number of hydrogen-bond donors (Lipinski definition) is 0. The van der Waals surface area contributed by atoms with Crippen molar-refractivity contribution in [3.8, 4) is 0 Å². The van der Waals surface area contributed by atoms with Crippen LogP contribution in [-0.4, -0.2) is 12.4 Å². The molecule has 0 saturated heterocycles. The van der Waals surface area contributed by atoms with Crippen molar-refractivity contribution in [2.45, 2.75) is 13.8 Å². The van der Waals surface area contributed by atoms with Crippen LogP contribution in [0.4, 0.5) is 20.2 Å². The Morgan fingerprint density at radius 3 is 1.38 bits per heavy atom. The fourth-order valence-corrected chi connectivity index (χ4v) is 2.40. The van der Waals surface area contributed by atoms with Crippen LogP contribution < -0.4 is 0 Å². The predicted octanol–water partition coefficient (Wildman–Crippen LogP) is 6.08. The van der Waals surface area contributed by atoms with Crippen LogP contribution in [0.5, 0.6) is 0 Å². The highest BCUT2D eigenvalue weighted by molar-refractivity contribution is 5.86. The molecule has 0 aliphatic carbocycles. The number of hydrogen-bond acceptors (Lipinski definition) is 2. The number of aliphatic imine (C=N–C) groups is 2. The first-order valence-corrected chi connectivity index (χ1v) is 8.22. The summed E-state index contributed by atoms with van der Waals surface area (Å²) in [6, 6.07) is 16.7. The summed E-state index contributed by atoms with van der Waals surface area (Å²) in [7, 11) is 0. The number of rotatable bonds is 4. The highest BCUT2D eigenvalue weighted by atomic mass is 19.1. The molecule has 0 saturated carbocycles. The van der Waals surface area contributed by atoms with Crippen molar-refractivity contribution in [2.75, 3.05) is 0 Å². The van der Waals surface area contributed by atoms with E-state index >= 15 is 0 Å². The van der Waals surface area contributed by atoms with E-state index in [-0.39, 0.29) is 11.6 Å². The molecule has 0 spiro atoms. The summed E-state index contributed by atoms with van der Waals surface area (Å²) in [4.78, 5) is 8.68. The zero-order valence-corrected chi connectivity index (χ0v) is 14.6. The number of nitrogens with zero attached hydrogens (tertiary/aromatic N) is 2. The molecule has 26 heavy (non-hydrogen) atoms. The Kier molecular flexibility index (Phi) is 5.32. The van der Waals surface area contributed by atoms with Gasteiger partial charge in [-0.05, 0) is 60.4 Å². The molecule has 0 fully saturated rings. The van der Waals surface area contributed by atoms with Crippen LogP contribution in [0, 0.1) is 25.5 Å². The van der Waals surface area contributed by atoms with Crippen LogP contribution in [0.3, 0.4) is 0 Å². The van der Waals surface area contributed by atoms with Gasteiger partial charge in [-0.25, -0.2) is 8.78 Å². The maximum absolute atomic E-state index is 13.3. The van der Waals surface area contributed by atoms with Crippen LogP contribution in [0.1, 0.15) is 22.3 Å². The molecule has 0 unspecified atom stereocenters. The molecule has 0 aliphatic rings. The van der Waals surface area contributed by atoms with Gasteiger partial charge in [-0.3, -0.25) is 9.98 Å². The molecule has 3 aromatic carbocycles. The standard InChI is InChI=1S/C22H18F2N2/c1-15-3-9-19(23)11-21(15)25-13-17-5-7-18(8-6-17)14-26-22-12-20(24)10-4-16(22)2/h3-14H,1-2H3. The van der Waals surface area contributed by atoms with Gasteiger partial charge in [0.1, 0.15) is 11.6 Å². The third kappa shape index (κ3) is 4.48. The van der Waals surface area contributed by atoms with Crippen LogP contribution in [0.2, 0.25) is 0 Å². The van der Waals surface area contributed by atoms with Crippen molar-refractivity contribution in [3.63, 3.8) is 0 Å². The monoisotopic (exact) mass is 348 g/mol. The maximum Gasteiger partial charge on any atom is 0.125 e. The Morgan fingerprint density at radius 2 is 1.00 bits per heavy atom.